The zero-order valence-corrected chi connectivity index (χ0v) is 17.4. The van der Waals surface area contributed by atoms with Gasteiger partial charge in [0.15, 0.2) is 17.3 Å². The third-order valence-electron chi connectivity index (χ3n) is 5.55. The van der Waals surface area contributed by atoms with Gasteiger partial charge < -0.3 is 14.2 Å². The Labute approximate surface area is 173 Å². The number of ketones is 2. The van der Waals surface area contributed by atoms with E-state index in [1.165, 1.54) is 20.3 Å². The van der Waals surface area contributed by atoms with E-state index in [1.807, 2.05) is 19.2 Å². The lowest BCUT2D eigenvalue weighted by Gasteiger charge is -2.36. The first-order valence-electron chi connectivity index (χ1n) is 9.34. The van der Waals surface area contributed by atoms with E-state index < -0.39 is 11.5 Å². The first kappa shape index (κ1) is 19.5. The van der Waals surface area contributed by atoms with Crippen LogP contribution in [-0.2, 0) is 16.1 Å². The Morgan fingerprint density at radius 1 is 1.34 bits per heavy atom. The minimum atomic E-state index is -1.44. The zero-order valence-electron chi connectivity index (χ0n) is 16.6. The van der Waals surface area contributed by atoms with E-state index >= 15 is 0 Å². The molecule has 1 spiro atoms. The van der Waals surface area contributed by atoms with Gasteiger partial charge in [0.05, 0.1) is 24.9 Å². The van der Waals surface area contributed by atoms with Crippen LogP contribution in [0.3, 0.4) is 0 Å². The monoisotopic (exact) mass is 416 g/mol. The maximum atomic E-state index is 13.6. The second-order valence-electron chi connectivity index (χ2n) is 7.15. The molecular formula is C21H21ClN2O5. The fraction of sp³-hybridized carbons (Fsp3) is 0.381. The number of carbonyl (C=O) groups excluding carboxylic acids is 2. The minimum Gasteiger partial charge on any atom is -0.496 e. The second-order valence-corrected chi connectivity index (χ2v) is 7.53. The van der Waals surface area contributed by atoms with E-state index in [2.05, 4.69) is 5.10 Å². The standard InChI is InChI=1S/C21H21ClN2O5/c1-5-24-7-6-14(23-24)13-10-15(27-3)17-19(18(13)22)29-21(20(17)26)11(2)8-12(25)9-16(21)28-4/h6-7,9-11H,5,8H2,1-4H3/t11-,21-/m1/s1. The van der Waals surface area contributed by atoms with Gasteiger partial charge >= 0.3 is 0 Å². The van der Waals surface area contributed by atoms with Crippen molar-refractivity contribution in [2.24, 2.45) is 5.92 Å². The Morgan fingerprint density at radius 2 is 2.10 bits per heavy atom. The van der Waals surface area contributed by atoms with Crippen molar-refractivity contribution in [1.29, 1.82) is 0 Å². The molecule has 4 rings (SSSR count). The van der Waals surface area contributed by atoms with E-state index in [-0.39, 0.29) is 40.1 Å². The summed E-state index contributed by atoms with van der Waals surface area (Å²) in [6, 6.07) is 3.53. The van der Waals surface area contributed by atoms with Crippen LogP contribution in [0.5, 0.6) is 11.5 Å². The summed E-state index contributed by atoms with van der Waals surface area (Å²) in [7, 11) is 2.90. The topological polar surface area (TPSA) is 79.6 Å². The van der Waals surface area contributed by atoms with Crippen LogP contribution in [0.4, 0.5) is 0 Å². The molecule has 0 unspecified atom stereocenters. The molecular weight excluding hydrogens is 396 g/mol. The molecule has 152 valence electrons. The average molecular weight is 417 g/mol. The normalized spacial score (nSPS) is 23.1. The van der Waals surface area contributed by atoms with Gasteiger partial charge in [0.25, 0.3) is 0 Å². The molecule has 2 atom stereocenters. The quantitative estimate of drug-likeness (QED) is 0.756. The Hall–Kier alpha value is -2.80. The van der Waals surface area contributed by atoms with Crippen LogP contribution in [0.25, 0.3) is 11.3 Å². The molecule has 1 aliphatic heterocycles. The number of halogens is 1. The molecule has 7 nitrogen and oxygen atoms in total. The molecule has 0 fully saturated rings. The van der Waals surface area contributed by atoms with Crippen molar-refractivity contribution in [2.75, 3.05) is 14.2 Å². The highest BCUT2D eigenvalue weighted by molar-refractivity contribution is 6.36. The first-order chi connectivity index (χ1) is 13.9. The maximum Gasteiger partial charge on any atom is 0.231 e. The molecule has 2 heterocycles. The minimum absolute atomic E-state index is 0.115. The van der Waals surface area contributed by atoms with Crippen molar-refractivity contribution in [3.63, 3.8) is 0 Å². The number of hydrogen-bond acceptors (Lipinski definition) is 6. The van der Waals surface area contributed by atoms with Crippen molar-refractivity contribution >= 4 is 23.2 Å². The van der Waals surface area contributed by atoms with Gasteiger partial charge in [-0.2, -0.15) is 5.10 Å². The molecule has 1 aromatic heterocycles. The number of carbonyl (C=O) groups is 2. The van der Waals surface area contributed by atoms with Gasteiger partial charge in [-0.15, -0.1) is 0 Å². The fourth-order valence-corrected chi connectivity index (χ4v) is 4.33. The van der Waals surface area contributed by atoms with Gasteiger partial charge in [0, 0.05) is 36.7 Å². The fourth-order valence-electron chi connectivity index (χ4n) is 4.04. The number of aromatic nitrogens is 2. The van der Waals surface area contributed by atoms with Gasteiger partial charge in [-0.25, -0.2) is 0 Å². The third kappa shape index (κ3) is 2.68. The molecule has 29 heavy (non-hydrogen) atoms. The van der Waals surface area contributed by atoms with Gasteiger partial charge in [0.2, 0.25) is 11.4 Å². The Bertz CT molecular complexity index is 1060. The number of aryl methyl sites for hydroxylation is 1. The largest absolute Gasteiger partial charge is 0.496 e. The van der Waals surface area contributed by atoms with Crippen LogP contribution in [0, 0.1) is 5.92 Å². The predicted molar refractivity (Wildman–Crippen MR) is 106 cm³/mol. The summed E-state index contributed by atoms with van der Waals surface area (Å²) in [6.45, 7) is 4.49. The lowest BCUT2D eigenvalue weighted by atomic mass is 9.75. The van der Waals surface area contributed by atoms with E-state index in [4.69, 9.17) is 25.8 Å². The lowest BCUT2D eigenvalue weighted by molar-refractivity contribution is -0.118. The Kier molecular flexibility index (Phi) is 4.65. The van der Waals surface area contributed by atoms with Gasteiger partial charge in [-0.05, 0) is 19.1 Å². The number of allylic oxidation sites excluding steroid dienone is 1. The molecule has 1 aromatic carbocycles. The summed E-state index contributed by atoms with van der Waals surface area (Å²) in [6.07, 6.45) is 3.34. The van der Waals surface area contributed by atoms with Crippen LogP contribution in [0.1, 0.15) is 30.6 Å². The van der Waals surface area contributed by atoms with Crippen molar-refractivity contribution < 1.29 is 23.8 Å². The van der Waals surface area contributed by atoms with Crippen LogP contribution >= 0.6 is 11.6 Å². The van der Waals surface area contributed by atoms with Crippen molar-refractivity contribution in [2.45, 2.75) is 32.4 Å². The molecule has 1 aliphatic carbocycles. The Balaban J connectivity index is 1.92. The smallest absolute Gasteiger partial charge is 0.231 e. The van der Waals surface area contributed by atoms with Crippen molar-refractivity contribution in [3.8, 4) is 22.8 Å². The van der Waals surface area contributed by atoms with Crippen LogP contribution < -0.4 is 9.47 Å². The molecule has 0 bridgehead atoms. The SMILES string of the molecule is CCn1ccc(-c2cc(OC)c3c(c2Cl)O[C@@]2(C3=O)C(OC)=CC(=O)C[C@H]2C)n1. The average Bonchev–Trinajstić information content (AvgIpc) is 3.30. The van der Waals surface area contributed by atoms with Crippen LogP contribution in [0.15, 0.2) is 30.2 Å². The van der Waals surface area contributed by atoms with E-state index in [9.17, 15) is 9.59 Å². The number of nitrogens with zero attached hydrogens (tertiary/aromatic N) is 2. The zero-order chi connectivity index (χ0) is 20.9. The van der Waals surface area contributed by atoms with Crippen molar-refractivity contribution in [1.82, 2.24) is 9.78 Å². The van der Waals surface area contributed by atoms with E-state index in [1.54, 1.807) is 17.7 Å². The molecule has 2 aliphatic rings. The number of Topliss-reactive ketones (excluding diaryl/α,β-unsaturated/α-hetero) is 1. The molecule has 0 radical (unpaired) electrons. The lowest BCUT2D eigenvalue weighted by Crippen LogP contribution is -2.51. The number of methoxy groups -OCH3 is 2. The van der Waals surface area contributed by atoms with Crippen LogP contribution in [-0.4, -0.2) is 41.2 Å². The third-order valence-corrected chi connectivity index (χ3v) is 5.93. The van der Waals surface area contributed by atoms with Gasteiger partial charge in [-0.1, -0.05) is 18.5 Å². The molecule has 8 heteroatoms. The first-order valence-corrected chi connectivity index (χ1v) is 9.72. The maximum absolute atomic E-state index is 13.6. The number of benzene rings is 1. The van der Waals surface area contributed by atoms with E-state index in [0.29, 0.717) is 23.6 Å². The molecule has 0 saturated carbocycles. The summed E-state index contributed by atoms with van der Waals surface area (Å²) in [4.78, 5) is 25.6. The summed E-state index contributed by atoms with van der Waals surface area (Å²) in [5, 5.41) is 4.77. The number of fused-ring (bicyclic) bond motifs is 1. The summed E-state index contributed by atoms with van der Waals surface area (Å²) >= 11 is 6.70. The van der Waals surface area contributed by atoms with Crippen molar-refractivity contribution in [3.05, 3.63) is 40.8 Å². The highest BCUT2D eigenvalue weighted by Crippen LogP contribution is 2.54. The van der Waals surface area contributed by atoms with Gasteiger partial charge in [0.1, 0.15) is 11.3 Å². The second kappa shape index (κ2) is 6.91. The van der Waals surface area contributed by atoms with Gasteiger partial charge in [-0.3, -0.25) is 14.3 Å². The number of hydrogen-bond donors (Lipinski definition) is 0. The molecule has 2 aromatic rings. The summed E-state index contributed by atoms with van der Waals surface area (Å²) in [5.74, 6) is -0.134. The molecule has 0 N–H and O–H groups in total. The van der Waals surface area contributed by atoms with E-state index in [0.717, 1.165) is 0 Å². The van der Waals surface area contributed by atoms with Crippen LogP contribution in [0.2, 0.25) is 5.02 Å². The predicted octanol–water partition coefficient (Wildman–Crippen LogP) is 3.69. The summed E-state index contributed by atoms with van der Waals surface area (Å²) < 4.78 is 18.9. The number of ether oxygens (including phenoxy) is 3. The highest BCUT2D eigenvalue weighted by atomic mass is 35.5. The molecule has 0 amide bonds. The molecule has 0 saturated heterocycles. The summed E-state index contributed by atoms with van der Waals surface area (Å²) in [5.41, 5.74) is 0.0509. The Morgan fingerprint density at radius 3 is 2.72 bits per heavy atom. The highest BCUT2D eigenvalue weighted by Gasteiger charge is 2.59. The number of rotatable bonds is 4.